The van der Waals surface area contributed by atoms with E-state index in [1.807, 2.05) is 0 Å². The minimum atomic E-state index is -0.359. The molecule has 0 radical (unpaired) electrons. The van der Waals surface area contributed by atoms with Crippen LogP contribution in [0.4, 0.5) is 0 Å². The molecule has 76 valence electrons. The van der Waals surface area contributed by atoms with Gasteiger partial charge in [-0.3, -0.25) is 0 Å². The van der Waals surface area contributed by atoms with Crippen LogP contribution < -0.4 is 5.69 Å². The second-order valence-electron chi connectivity index (χ2n) is 2.69. The second-order valence-corrected chi connectivity index (χ2v) is 3.04. The quantitative estimate of drug-likeness (QED) is 0.637. The van der Waals surface area contributed by atoms with Gasteiger partial charge in [0.25, 0.3) is 0 Å². The summed E-state index contributed by atoms with van der Waals surface area (Å²) in [4.78, 5) is 15.5. The molecule has 0 aromatic carbocycles. The normalized spacial score (nSPS) is 10.0. The Hall–Kier alpha value is -1.87. The lowest BCUT2D eigenvalue weighted by atomic mass is 10.6. The number of imidazole rings is 1. The van der Waals surface area contributed by atoms with E-state index in [0.717, 1.165) is 4.68 Å². The Bertz CT molecular complexity index is 617. The molecule has 0 saturated carbocycles. The third kappa shape index (κ3) is 1.57. The summed E-state index contributed by atoms with van der Waals surface area (Å²) in [5.74, 6) is 5.39. The Kier molecular flexibility index (Phi) is 2.39. The third-order valence-electron chi connectivity index (χ3n) is 1.78. The van der Waals surface area contributed by atoms with Gasteiger partial charge in [-0.2, -0.15) is 4.68 Å². The summed E-state index contributed by atoms with van der Waals surface area (Å²) in [6, 6.07) is 0. The molecule has 0 spiro atoms. The van der Waals surface area contributed by atoms with Crippen molar-refractivity contribution in [3.63, 3.8) is 0 Å². The van der Waals surface area contributed by atoms with Crippen molar-refractivity contribution < 1.29 is 0 Å². The summed E-state index contributed by atoms with van der Waals surface area (Å²) in [6.45, 7) is 1.89. The number of hydrogen-bond acceptors (Lipinski definition) is 4. The van der Waals surface area contributed by atoms with Crippen LogP contribution in [0.15, 0.2) is 11.1 Å². The summed E-state index contributed by atoms with van der Waals surface area (Å²) in [7, 11) is 0. The van der Waals surface area contributed by atoms with Crippen LogP contribution in [-0.2, 0) is 6.54 Å². The van der Waals surface area contributed by atoms with Crippen molar-refractivity contribution in [2.75, 3.05) is 0 Å². The molecule has 2 heterocycles. The molecule has 6 nitrogen and oxygen atoms in total. The molecule has 0 amide bonds. The van der Waals surface area contributed by atoms with Crippen LogP contribution in [0.3, 0.4) is 0 Å². The highest BCUT2D eigenvalue weighted by Gasteiger charge is 2.08. The minimum Gasteiger partial charge on any atom is -0.245 e. The molecular formula is C8H6ClN5O. The standard InChI is InChI=1S/C8H6ClN5O/c1-2-3-4-14-8(15)13-5-10-6(9)7(13)11-12-14/h5H,4H2,1H3. The predicted octanol–water partition coefficient (Wildman–Crippen LogP) is -0.0373. The van der Waals surface area contributed by atoms with E-state index in [9.17, 15) is 4.79 Å². The first-order chi connectivity index (χ1) is 7.24. The van der Waals surface area contributed by atoms with E-state index in [0.29, 0.717) is 0 Å². The van der Waals surface area contributed by atoms with Crippen LogP contribution in [-0.4, -0.2) is 24.4 Å². The molecule has 2 rings (SSSR count). The lowest BCUT2D eigenvalue weighted by Gasteiger charge is -1.97. The molecule has 0 atom stereocenters. The van der Waals surface area contributed by atoms with Gasteiger partial charge in [0.05, 0.1) is 0 Å². The van der Waals surface area contributed by atoms with Crippen molar-refractivity contribution >= 4 is 17.2 Å². The topological polar surface area (TPSA) is 65.1 Å². The van der Waals surface area contributed by atoms with E-state index in [2.05, 4.69) is 27.1 Å². The molecule has 7 heteroatoms. The third-order valence-corrected chi connectivity index (χ3v) is 2.05. The number of hydrogen-bond donors (Lipinski definition) is 0. The largest absolute Gasteiger partial charge is 0.353 e. The van der Waals surface area contributed by atoms with Crippen LogP contribution in [0, 0.1) is 11.8 Å². The van der Waals surface area contributed by atoms with Crippen molar-refractivity contribution in [2.45, 2.75) is 13.5 Å². The number of rotatable bonds is 1. The number of fused-ring (bicyclic) bond motifs is 1. The maximum atomic E-state index is 11.7. The van der Waals surface area contributed by atoms with Gasteiger partial charge in [0.15, 0.2) is 5.15 Å². The Labute approximate surface area is 89.5 Å². The molecule has 0 fully saturated rings. The average molecular weight is 224 g/mol. The zero-order valence-corrected chi connectivity index (χ0v) is 8.56. The molecule has 0 aliphatic heterocycles. The van der Waals surface area contributed by atoms with Gasteiger partial charge in [-0.1, -0.05) is 22.7 Å². The van der Waals surface area contributed by atoms with Gasteiger partial charge in [0.1, 0.15) is 12.9 Å². The van der Waals surface area contributed by atoms with Gasteiger partial charge < -0.3 is 0 Å². The van der Waals surface area contributed by atoms with Crippen molar-refractivity contribution in [3.8, 4) is 11.8 Å². The molecule has 0 aliphatic rings. The molecule has 2 aromatic heterocycles. The van der Waals surface area contributed by atoms with E-state index >= 15 is 0 Å². The van der Waals surface area contributed by atoms with Gasteiger partial charge in [-0.25, -0.2) is 14.2 Å². The van der Waals surface area contributed by atoms with Crippen LogP contribution >= 0.6 is 11.6 Å². The zero-order valence-electron chi connectivity index (χ0n) is 7.81. The SMILES string of the molecule is CC#CCn1nnc2c(Cl)ncn2c1=O. The Morgan fingerprint density at radius 1 is 1.60 bits per heavy atom. The fourth-order valence-electron chi connectivity index (χ4n) is 1.06. The van der Waals surface area contributed by atoms with Gasteiger partial charge in [-0.05, 0) is 6.92 Å². The second kappa shape index (κ2) is 3.71. The highest BCUT2D eigenvalue weighted by Crippen LogP contribution is 2.08. The Morgan fingerprint density at radius 3 is 3.13 bits per heavy atom. The molecule has 0 saturated heterocycles. The van der Waals surface area contributed by atoms with E-state index < -0.39 is 0 Å². The summed E-state index contributed by atoms with van der Waals surface area (Å²) >= 11 is 5.69. The lowest BCUT2D eigenvalue weighted by Crippen LogP contribution is -2.29. The van der Waals surface area contributed by atoms with Crippen LogP contribution in [0.1, 0.15) is 6.92 Å². The maximum absolute atomic E-state index is 11.7. The zero-order chi connectivity index (χ0) is 10.8. The minimum absolute atomic E-state index is 0.160. The predicted molar refractivity (Wildman–Crippen MR) is 53.5 cm³/mol. The first-order valence-corrected chi connectivity index (χ1v) is 4.48. The van der Waals surface area contributed by atoms with E-state index in [-0.39, 0.29) is 23.0 Å². The first kappa shape index (κ1) is 9.68. The summed E-state index contributed by atoms with van der Waals surface area (Å²) in [5.41, 5.74) is -0.107. The summed E-state index contributed by atoms with van der Waals surface area (Å²) in [6.07, 6.45) is 1.31. The maximum Gasteiger partial charge on any atom is 0.353 e. The van der Waals surface area contributed by atoms with Gasteiger partial charge in [-0.15, -0.1) is 11.0 Å². The highest BCUT2D eigenvalue weighted by atomic mass is 35.5. The Morgan fingerprint density at radius 2 is 2.40 bits per heavy atom. The summed E-state index contributed by atoms with van der Waals surface area (Å²) < 4.78 is 2.37. The van der Waals surface area contributed by atoms with Crippen molar-refractivity contribution in [1.82, 2.24) is 24.4 Å². The van der Waals surface area contributed by atoms with E-state index in [4.69, 9.17) is 11.6 Å². The fourth-order valence-corrected chi connectivity index (χ4v) is 1.23. The van der Waals surface area contributed by atoms with Crippen molar-refractivity contribution in [1.29, 1.82) is 0 Å². The number of halogens is 1. The molecule has 2 aromatic rings. The van der Waals surface area contributed by atoms with Gasteiger partial charge in [0.2, 0.25) is 5.65 Å². The molecular weight excluding hydrogens is 218 g/mol. The fraction of sp³-hybridized carbons (Fsp3) is 0.250. The van der Waals surface area contributed by atoms with E-state index in [1.165, 1.54) is 10.7 Å². The molecule has 0 bridgehead atoms. The van der Waals surface area contributed by atoms with Crippen LogP contribution in [0.25, 0.3) is 5.65 Å². The van der Waals surface area contributed by atoms with E-state index in [1.54, 1.807) is 6.92 Å². The molecule has 0 unspecified atom stereocenters. The Balaban J connectivity index is 2.64. The van der Waals surface area contributed by atoms with Gasteiger partial charge >= 0.3 is 5.69 Å². The average Bonchev–Trinajstić information content (AvgIpc) is 2.61. The highest BCUT2D eigenvalue weighted by molar-refractivity contribution is 6.32. The first-order valence-electron chi connectivity index (χ1n) is 4.10. The van der Waals surface area contributed by atoms with Crippen molar-refractivity contribution in [2.24, 2.45) is 0 Å². The number of aromatic nitrogens is 5. The molecule has 15 heavy (non-hydrogen) atoms. The number of nitrogens with zero attached hydrogens (tertiary/aromatic N) is 5. The summed E-state index contributed by atoms with van der Waals surface area (Å²) in [5, 5.41) is 7.61. The van der Waals surface area contributed by atoms with Crippen LogP contribution in [0.2, 0.25) is 5.15 Å². The lowest BCUT2D eigenvalue weighted by molar-refractivity contribution is 0.576. The monoisotopic (exact) mass is 223 g/mol. The smallest absolute Gasteiger partial charge is 0.245 e. The molecule has 0 N–H and O–H groups in total. The van der Waals surface area contributed by atoms with Gasteiger partial charge in [0, 0.05) is 0 Å². The molecule has 0 aliphatic carbocycles. The van der Waals surface area contributed by atoms with Crippen molar-refractivity contribution in [3.05, 3.63) is 22.0 Å². The van der Waals surface area contributed by atoms with Crippen LogP contribution in [0.5, 0.6) is 0 Å².